The van der Waals surface area contributed by atoms with E-state index in [0.29, 0.717) is 6.54 Å². The number of aryl methyl sites for hydroxylation is 1. The van der Waals surface area contributed by atoms with Crippen LogP contribution in [0.3, 0.4) is 0 Å². The van der Waals surface area contributed by atoms with E-state index in [-0.39, 0.29) is 19.3 Å². The van der Waals surface area contributed by atoms with Crippen LogP contribution in [-0.4, -0.2) is 44.7 Å². The molecule has 92 valence electrons. The van der Waals surface area contributed by atoms with Gasteiger partial charge in [0.2, 0.25) is 0 Å². The molecular formula is C10H20N4O2. The first-order chi connectivity index (χ1) is 7.52. The number of nitrogens with one attached hydrogen (secondary N) is 1. The lowest BCUT2D eigenvalue weighted by molar-refractivity contribution is 0.0674. The van der Waals surface area contributed by atoms with Crippen LogP contribution in [0.15, 0.2) is 6.33 Å². The van der Waals surface area contributed by atoms with Crippen LogP contribution in [0.25, 0.3) is 0 Å². The minimum absolute atomic E-state index is 0.0323. The van der Waals surface area contributed by atoms with E-state index in [1.165, 1.54) is 0 Å². The molecule has 3 N–H and O–H groups in total. The van der Waals surface area contributed by atoms with Crippen molar-refractivity contribution >= 4 is 0 Å². The Bertz CT molecular complexity index is 322. The first-order valence-electron chi connectivity index (χ1n) is 5.31. The van der Waals surface area contributed by atoms with Crippen LogP contribution in [0, 0.1) is 5.41 Å². The van der Waals surface area contributed by atoms with E-state index >= 15 is 0 Å². The van der Waals surface area contributed by atoms with Gasteiger partial charge in [0.05, 0.1) is 19.3 Å². The van der Waals surface area contributed by atoms with Crippen molar-refractivity contribution in [1.82, 2.24) is 20.1 Å². The second-order valence-corrected chi connectivity index (χ2v) is 4.53. The van der Waals surface area contributed by atoms with Crippen LogP contribution in [0.1, 0.15) is 25.7 Å². The molecule has 0 saturated carbocycles. The Morgan fingerprint density at radius 3 is 2.56 bits per heavy atom. The summed E-state index contributed by atoms with van der Waals surface area (Å²) in [4.78, 5) is 0. The molecule has 1 rings (SSSR count). The molecule has 1 aromatic heterocycles. The van der Waals surface area contributed by atoms with E-state index in [1.807, 2.05) is 25.5 Å². The van der Waals surface area contributed by atoms with Gasteiger partial charge in [0.15, 0.2) is 0 Å². The third kappa shape index (κ3) is 3.01. The summed E-state index contributed by atoms with van der Waals surface area (Å²) in [6.45, 7) is 4.21. The van der Waals surface area contributed by atoms with Crippen molar-refractivity contribution in [3.05, 3.63) is 12.2 Å². The molecule has 0 aliphatic rings. The molecule has 0 aliphatic heterocycles. The Labute approximate surface area is 95.3 Å². The fourth-order valence-corrected chi connectivity index (χ4v) is 1.34. The third-order valence-corrected chi connectivity index (χ3v) is 2.73. The highest BCUT2D eigenvalue weighted by molar-refractivity contribution is 4.92. The molecule has 6 heteroatoms. The molecule has 1 heterocycles. The van der Waals surface area contributed by atoms with E-state index < -0.39 is 5.41 Å². The van der Waals surface area contributed by atoms with Gasteiger partial charge >= 0.3 is 0 Å². The molecule has 1 aromatic rings. The second-order valence-electron chi connectivity index (χ2n) is 4.53. The summed E-state index contributed by atoms with van der Waals surface area (Å²) in [5.41, 5.74) is -0.507. The van der Waals surface area contributed by atoms with Gasteiger partial charge in [-0.1, -0.05) is 6.92 Å². The van der Waals surface area contributed by atoms with E-state index in [4.69, 9.17) is 10.2 Å². The van der Waals surface area contributed by atoms with E-state index in [0.717, 1.165) is 5.82 Å². The quantitative estimate of drug-likeness (QED) is 0.609. The summed E-state index contributed by atoms with van der Waals surface area (Å²) in [6, 6.07) is 0.0323. The van der Waals surface area contributed by atoms with Crippen molar-refractivity contribution in [3.63, 3.8) is 0 Å². The van der Waals surface area contributed by atoms with Crippen LogP contribution in [-0.2, 0) is 7.05 Å². The molecule has 0 aromatic carbocycles. The molecule has 0 aliphatic carbocycles. The third-order valence-electron chi connectivity index (χ3n) is 2.73. The Hall–Kier alpha value is -0.980. The Morgan fingerprint density at radius 1 is 1.50 bits per heavy atom. The molecule has 0 bridgehead atoms. The summed E-state index contributed by atoms with van der Waals surface area (Å²) < 4.78 is 1.84. The predicted octanol–water partition coefficient (Wildman–Crippen LogP) is -0.543. The van der Waals surface area contributed by atoms with Crippen LogP contribution >= 0.6 is 0 Å². The van der Waals surface area contributed by atoms with Crippen molar-refractivity contribution in [2.24, 2.45) is 12.5 Å². The number of hydrogen-bond donors (Lipinski definition) is 3. The zero-order chi connectivity index (χ0) is 12.2. The fourth-order valence-electron chi connectivity index (χ4n) is 1.34. The largest absolute Gasteiger partial charge is 0.396 e. The standard InChI is InChI=1S/C10H20N4O2/c1-8(9-13-12-7-14(9)3)11-4-10(2,5-15)6-16/h7-8,11,15-16H,4-6H2,1-3H3. The van der Waals surface area contributed by atoms with Gasteiger partial charge in [-0.05, 0) is 6.92 Å². The molecule has 6 nitrogen and oxygen atoms in total. The topological polar surface area (TPSA) is 83.2 Å². The molecule has 0 amide bonds. The van der Waals surface area contributed by atoms with Crippen molar-refractivity contribution < 1.29 is 10.2 Å². The Balaban J connectivity index is 2.53. The van der Waals surface area contributed by atoms with Gasteiger partial charge in [-0.2, -0.15) is 0 Å². The van der Waals surface area contributed by atoms with Crippen LogP contribution in [0.4, 0.5) is 0 Å². The Morgan fingerprint density at radius 2 is 2.12 bits per heavy atom. The average Bonchev–Trinajstić information content (AvgIpc) is 2.72. The number of aliphatic hydroxyl groups excluding tert-OH is 2. The maximum atomic E-state index is 9.15. The summed E-state index contributed by atoms with van der Waals surface area (Å²) in [5.74, 6) is 0.832. The van der Waals surface area contributed by atoms with E-state index in [9.17, 15) is 0 Å². The lowest BCUT2D eigenvalue weighted by Gasteiger charge is -2.26. The second kappa shape index (κ2) is 5.38. The zero-order valence-corrected chi connectivity index (χ0v) is 10.0. The molecule has 0 saturated heterocycles. The molecule has 1 unspecified atom stereocenters. The average molecular weight is 228 g/mol. The van der Waals surface area contributed by atoms with Crippen molar-refractivity contribution in [2.75, 3.05) is 19.8 Å². The summed E-state index contributed by atoms with van der Waals surface area (Å²) >= 11 is 0. The van der Waals surface area contributed by atoms with Crippen molar-refractivity contribution in [1.29, 1.82) is 0 Å². The number of hydrogen-bond acceptors (Lipinski definition) is 5. The van der Waals surface area contributed by atoms with Gasteiger partial charge in [-0.15, -0.1) is 10.2 Å². The van der Waals surface area contributed by atoms with Gasteiger partial charge in [0, 0.05) is 19.0 Å². The SMILES string of the molecule is CC(NCC(C)(CO)CO)c1nncn1C. The highest BCUT2D eigenvalue weighted by atomic mass is 16.3. The van der Waals surface area contributed by atoms with Crippen molar-refractivity contribution in [2.45, 2.75) is 19.9 Å². The minimum Gasteiger partial charge on any atom is -0.396 e. The lowest BCUT2D eigenvalue weighted by atomic mass is 9.93. The zero-order valence-electron chi connectivity index (χ0n) is 10.0. The maximum absolute atomic E-state index is 9.15. The highest BCUT2D eigenvalue weighted by Crippen LogP contribution is 2.15. The summed E-state index contributed by atoms with van der Waals surface area (Å²) in [7, 11) is 1.88. The van der Waals surface area contributed by atoms with Crippen LogP contribution in [0.5, 0.6) is 0 Å². The Kier molecular flexibility index (Phi) is 4.40. The lowest BCUT2D eigenvalue weighted by Crippen LogP contribution is -2.39. The monoisotopic (exact) mass is 228 g/mol. The van der Waals surface area contributed by atoms with E-state index in [2.05, 4.69) is 15.5 Å². The van der Waals surface area contributed by atoms with Crippen molar-refractivity contribution in [3.8, 4) is 0 Å². The minimum atomic E-state index is -0.507. The summed E-state index contributed by atoms with van der Waals surface area (Å²) in [6.07, 6.45) is 1.64. The molecule has 0 spiro atoms. The highest BCUT2D eigenvalue weighted by Gasteiger charge is 2.23. The molecular weight excluding hydrogens is 208 g/mol. The van der Waals surface area contributed by atoms with Gasteiger partial charge in [0.1, 0.15) is 12.2 Å². The first-order valence-corrected chi connectivity index (χ1v) is 5.31. The molecule has 1 atom stereocenters. The molecule has 16 heavy (non-hydrogen) atoms. The van der Waals surface area contributed by atoms with Gasteiger partial charge in [-0.25, -0.2) is 0 Å². The summed E-state index contributed by atoms with van der Waals surface area (Å²) in [5, 5.41) is 29.3. The maximum Gasteiger partial charge on any atom is 0.149 e. The number of aliphatic hydroxyl groups is 2. The first kappa shape index (κ1) is 13.1. The van der Waals surface area contributed by atoms with Crippen LogP contribution < -0.4 is 5.32 Å². The van der Waals surface area contributed by atoms with Gasteiger partial charge in [-0.3, -0.25) is 0 Å². The van der Waals surface area contributed by atoms with Gasteiger partial charge in [0.25, 0.3) is 0 Å². The normalized spacial score (nSPS) is 14.1. The molecule has 0 fully saturated rings. The number of aromatic nitrogens is 3. The smallest absolute Gasteiger partial charge is 0.149 e. The van der Waals surface area contributed by atoms with Crippen LogP contribution in [0.2, 0.25) is 0 Å². The fraction of sp³-hybridized carbons (Fsp3) is 0.800. The number of rotatable bonds is 6. The number of nitrogens with zero attached hydrogens (tertiary/aromatic N) is 3. The van der Waals surface area contributed by atoms with E-state index in [1.54, 1.807) is 6.33 Å². The molecule has 0 radical (unpaired) electrons. The predicted molar refractivity (Wildman–Crippen MR) is 59.7 cm³/mol. The van der Waals surface area contributed by atoms with Gasteiger partial charge < -0.3 is 20.1 Å².